The summed E-state index contributed by atoms with van der Waals surface area (Å²) in [5, 5.41) is 0. The number of aliphatic imine (C=N–C) groups is 2. The van der Waals surface area contributed by atoms with Gasteiger partial charge in [0.1, 0.15) is 0 Å². The van der Waals surface area contributed by atoms with E-state index in [1.807, 2.05) is 13.0 Å². The molecule has 16 heavy (non-hydrogen) atoms. The van der Waals surface area contributed by atoms with Crippen LogP contribution in [0, 0.1) is 6.92 Å². The zero-order valence-corrected chi connectivity index (χ0v) is 10.4. The summed E-state index contributed by atoms with van der Waals surface area (Å²) in [6.07, 6.45) is 0. The van der Waals surface area contributed by atoms with Gasteiger partial charge in [-0.05, 0) is 36.2 Å². The molecular weight excluding hydrogens is 198 g/mol. The van der Waals surface area contributed by atoms with Crippen molar-refractivity contribution in [3.63, 3.8) is 0 Å². The van der Waals surface area contributed by atoms with Crippen molar-refractivity contribution in [3.05, 3.63) is 29.3 Å². The van der Waals surface area contributed by atoms with Gasteiger partial charge in [0.25, 0.3) is 0 Å². The summed E-state index contributed by atoms with van der Waals surface area (Å²) in [4.78, 5) is 7.81. The molecule has 0 radical (unpaired) electrons. The molecule has 3 nitrogen and oxygen atoms in total. The standard InChI is InChI=1S/C13H19N3/c1-9-6-7-10(13(2,3)4)8-11(9)16-12(14)15-5/h6-8H,5H2,1-4H3,(H2,14,16). The van der Waals surface area contributed by atoms with E-state index >= 15 is 0 Å². The Balaban J connectivity index is 3.24. The summed E-state index contributed by atoms with van der Waals surface area (Å²) in [5.74, 6) is 0.203. The number of nitrogens with two attached hydrogens (primary N) is 1. The van der Waals surface area contributed by atoms with E-state index in [4.69, 9.17) is 5.73 Å². The van der Waals surface area contributed by atoms with Crippen molar-refractivity contribution in [2.75, 3.05) is 0 Å². The number of hydrogen-bond acceptors (Lipinski definition) is 1. The third-order valence-electron chi connectivity index (χ3n) is 2.47. The van der Waals surface area contributed by atoms with Crippen molar-refractivity contribution in [1.82, 2.24) is 0 Å². The summed E-state index contributed by atoms with van der Waals surface area (Å²) in [7, 11) is 0. The molecule has 86 valence electrons. The number of aryl methyl sites for hydroxylation is 1. The first-order valence-electron chi connectivity index (χ1n) is 5.26. The first-order chi connectivity index (χ1) is 7.34. The van der Waals surface area contributed by atoms with Crippen molar-refractivity contribution >= 4 is 18.4 Å². The van der Waals surface area contributed by atoms with Crippen molar-refractivity contribution in [2.24, 2.45) is 15.7 Å². The zero-order valence-electron chi connectivity index (χ0n) is 10.4. The lowest BCUT2D eigenvalue weighted by Gasteiger charge is -2.19. The number of hydrogen-bond donors (Lipinski definition) is 1. The number of guanidine groups is 1. The molecule has 0 saturated carbocycles. The third-order valence-corrected chi connectivity index (χ3v) is 2.47. The van der Waals surface area contributed by atoms with Crippen LogP contribution in [0.5, 0.6) is 0 Å². The van der Waals surface area contributed by atoms with Crippen molar-refractivity contribution in [1.29, 1.82) is 0 Å². The maximum absolute atomic E-state index is 5.55. The predicted molar refractivity (Wildman–Crippen MR) is 70.7 cm³/mol. The van der Waals surface area contributed by atoms with Crippen molar-refractivity contribution in [2.45, 2.75) is 33.1 Å². The maximum Gasteiger partial charge on any atom is 0.219 e. The van der Waals surface area contributed by atoms with Crippen LogP contribution >= 0.6 is 0 Å². The molecular formula is C13H19N3. The van der Waals surface area contributed by atoms with Crippen LogP contribution in [0.2, 0.25) is 0 Å². The van der Waals surface area contributed by atoms with E-state index in [0.717, 1.165) is 11.3 Å². The highest BCUT2D eigenvalue weighted by molar-refractivity contribution is 5.85. The predicted octanol–water partition coefficient (Wildman–Crippen LogP) is 2.94. The Morgan fingerprint density at radius 2 is 1.94 bits per heavy atom. The normalized spacial score (nSPS) is 12.6. The van der Waals surface area contributed by atoms with Crippen LogP contribution in [0.4, 0.5) is 5.69 Å². The zero-order chi connectivity index (χ0) is 12.3. The fourth-order valence-corrected chi connectivity index (χ4v) is 1.36. The van der Waals surface area contributed by atoms with E-state index in [-0.39, 0.29) is 11.4 Å². The highest BCUT2D eigenvalue weighted by Gasteiger charge is 2.14. The van der Waals surface area contributed by atoms with Crippen LogP contribution in [0.25, 0.3) is 0 Å². The molecule has 3 heteroatoms. The van der Waals surface area contributed by atoms with Gasteiger partial charge < -0.3 is 5.73 Å². The van der Waals surface area contributed by atoms with Crippen LogP contribution in [0.3, 0.4) is 0 Å². The van der Waals surface area contributed by atoms with Crippen LogP contribution in [0.1, 0.15) is 31.9 Å². The first-order valence-corrected chi connectivity index (χ1v) is 5.26. The lowest BCUT2D eigenvalue weighted by atomic mass is 9.86. The Morgan fingerprint density at radius 3 is 2.44 bits per heavy atom. The van der Waals surface area contributed by atoms with E-state index in [9.17, 15) is 0 Å². The smallest absolute Gasteiger partial charge is 0.219 e. The van der Waals surface area contributed by atoms with Crippen LogP contribution in [-0.4, -0.2) is 12.7 Å². The molecule has 0 fully saturated rings. The molecule has 1 rings (SSSR count). The molecule has 0 aliphatic heterocycles. The molecule has 0 spiro atoms. The van der Waals surface area contributed by atoms with Gasteiger partial charge in [0.2, 0.25) is 5.96 Å². The quantitative estimate of drug-likeness (QED) is 0.570. The fraction of sp³-hybridized carbons (Fsp3) is 0.385. The van der Waals surface area contributed by atoms with E-state index in [2.05, 4.69) is 49.6 Å². The number of rotatable bonds is 1. The molecule has 0 heterocycles. The minimum Gasteiger partial charge on any atom is -0.368 e. The molecule has 0 amide bonds. The highest BCUT2D eigenvalue weighted by atomic mass is 15.0. The Bertz CT molecular complexity index is 425. The van der Waals surface area contributed by atoms with Crippen LogP contribution in [-0.2, 0) is 5.41 Å². The van der Waals surface area contributed by atoms with E-state index < -0.39 is 0 Å². The second-order valence-corrected chi connectivity index (χ2v) is 4.88. The Kier molecular flexibility index (Phi) is 3.48. The Morgan fingerprint density at radius 1 is 1.31 bits per heavy atom. The second-order valence-electron chi connectivity index (χ2n) is 4.88. The average molecular weight is 217 g/mol. The van der Waals surface area contributed by atoms with Gasteiger partial charge in [-0.1, -0.05) is 32.9 Å². The molecule has 0 aromatic heterocycles. The topological polar surface area (TPSA) is 50.7 Å². The van der Waals surface area contributed by atoms with E-state index in [1.54, 1.807) is 0 Å². The monoisotopic (exact) mass is 217 g/mol. The van der Waals surface area contributed by atoms with Gasteiger partial charge in [-0.2, -0.15) is 0 Å². The van der Waals surface area contributed by atoms with E-state index in [0.29, 0.717) is 0 Å². The second kappa shape index (κ2) is 4.47. The molecule has 1 aromatic carbocycles. The molecule has 0 saturated heterocycles. The van der Waals surface area contributed by atoms with Crippen molar-refractivity contribution in [3.8, 4) is 0 Å². The summed E-state index contributed by atoms with van der Waals surface area (Å²) < 4.78 is 0. The minimum absolute atomic E-state index is 0.105. The highest BCUT2D eigenvalue weighted by Crippen LogP contribution is 2.28. The Labute approximate surface area is 97.1 Å². The van der Waals surface area contributed by atoms with Gasteiger partial charge in [0, 0.05) is 0 Å². The third kappa shape index (κ3) is 2.92. The SMILES string of the molecule is C=NC(N)=Nc1cc(C(C)(C)C)ccc1C. The lowest BCUT2D eigenvalue weighted by Crippen LogP contribution is -2.11. The largest absolute Gasteiger partial charge is 0.368 e. The molecule has 1 aromatic rings. The van der Waals surface area contributed by atoms with Gasteiger partial charge in [-0.3, -0.25) is 0 Å². The van der Waals surface area contributed by atoms with Crippen molar-refractivity contribution < 1.29 is 0 Å². The maximum atomic E-state index is 5.55. The fourth-order valence-electron chi connectivity index (χ4n) is 1.36. The summed E-state index contributed by atoms with van der Waals surface area (Å²) >= 11 is 0. The Hall–Kier alpha value is -1.64. The summed E-state index contributed by atoms with van der Waals surface area (Å²) in [5.41, 5.74) is 8.83. The van der Waals surface area contributed by atoms with Gasteiger partial charge in [0.15, 0.2) is 0 Å². The molecule has 0 aliphatic carbocycles. The lowest BCUT2D eigenvalue weighted by molar-refractivity contribution is 0.590. The average Bonchev–Trinajstić information content (AvgIpc) is 2.19. The van der Waals surface area contributed by atoms with Gasteiger partial charge in [-0.25, -0.2) is 9.98 Å². The molecule has 2 N–H and O–H groups in total. The van der Waals surface area contributed by atoms with E-state index in [1.165, 1.54) is 5.56 Å². The molecule has 0 unspecified atom stereocenters. The van der Waals surface area contributed by atoms with Crippen LogP contribution < -0.4 is 5.73 Å². The first kappa shape index (κ1) is 12.4. The molecule has 0 bridgehead atoms. The van der Waals surface area contributed by atoms with Gasteiger partial charge >= 0.3 is 0 Å². The van der Waals surface area contributed by atoms with Gasteiger partial charge in [0.05, 0.1) is 5.69 Å². The summed E-state index contributed by atoms with van der Waals surface area (Å²) in [6.45, 7) is 11.9. The molecule has 0 atom stereocenters. The number of benzene rings is 1. The minimum atomic E-state index is 0.105. The number of nitrogens with zero attached hydrogens (tertiary/aromatic N) is 2. The van der Waals surface area contributed by atoms with Gasteiger partial charge in [-0.15, -0.1) is 0 Å². The summed E-state index contributed by atoms with van der Waals surface area (Å²) in [6, 6.07) is 6.22. The molecule has 0 aliphatic rings. The van der Waals surface area contributed by atoms with Crippen LogP contribution in [0.15, 0.2) is 28.2 Å².